The summed E-state index contributed by atoms with van der Waals surface area (Å²) in [4.78, 5) is 23.4. The van der Waals surface area contributed by atoms with Crippen molar-refractivity contribution in [3.05, 3.63) is 83.5 Å². The number of rotatable bonds is 19. The average molecular weight is 672 g/mol. The first-order valence-electron chi connectivity index (χ1n) is 17.9. The van der Waals surface area contributed by atoms with Gasteiger partial charge in [-0.15, -0.1) is 9.24 Å². The second kappa shape index (κ2) is 18.0. The SMILES string of the molecule is C=C(NC1(C(=C)NC)CC1/C=C\CCCCN(C)C(C)=O)C(C)CCCc1cc(C(C)=N/C(=C\C)C(C)C)nc2c(P)c(CC)ccc12. The molecule has 0 bridgehead atoms. The number of carbonyl (C=O) groups excluding carboxylic acids is 1. The number of aromatic nitrogens is 1. The number of amides is 1. The van der Waals surface area contributed by atoms with Gasteiger partial charge in [0, 0.05) is 56.0 Å². The summed E-state index contributed by atoms with van der Waals surface area (Å²) >= 11 is 0. The number of benzene rings is 1. The van der Waals surface area contributed by atoms with Gasteiger partial charge in [0.15, 0.2) is 0 Å². The molecule has 1 amide bonds. The van der Waals surface area contributed by atoms with Gasteiger partial charge < -0.3 is 15.5 Å². The molecule has 1 fully saturated rings. The molecule has 3 rings (SSSR count). The summed E-state index contributed by atoms with van der Waals surface area (Å²) in [5.74, 6) is 1.19. The van der Waals surface area contributed by atoms with Crippen LogP contribution in [0.4, 0.5) is 0 Å². The molecule has 1 aromatic carbocycles. The summed E-state index contributed by atoms with van der Waals surface area (Å²) in [6.45, 7) is 24.3. The van der Waals surface area contributed by atoms with Crippen LogP contribution in [0.2, 0.25) is 0 Å². The minimum Gasteiger partial charge on any atom is -0.390 e. The quantitative estimate of drug-likeness (QED) is 0.0681. The van der Waals surface area contributed by atoms with Crippen LogP contribution < -0.4 is 15.9 Å². The minimum atomic E-state index is -0.188. The zero-order valence-electron chi connectivity index (χ0n) is 31.3. The first kappa shape index (κ1) is 39.2. The van der Waals surface area contributed by atoms with E-state index < -0.39 is 0 Å². The molecule has 0 saturated heterocycles. The molecule has 0 spiro atoms. The predicted octanol–water partition coefficient (Wildman–Crippen LogP) is 8.43. The molecule has 6 nitrogen and oxygen atoms in total. The number of likely N-dealkylation sites (N-methyl/N-ethyl adjacent to an activating group) is 1. The Morgan fingerprint density at radius 3 is 2.54 bits per heavy atom. The Hall–Kier alpha value is -3.24. The molecule has 1 heterocycles. The molecule has 7 heteroatoms. The number of nitrogens with zero attached hydrogens (tertiary/aromatic N) is 3. The van der Waals surface area contributed by atoms with E-state index in [1.165, 1.54) is 21.8 Å². The highest BCUT2D eigenvalue weighted by atomic mass is 31.0. The minimum absolute atomic E-state index is 0.125. The third-order valence-corrected chi connectivity index (χ3v) is 10.7. The first-order chi connectivity index (χ1) is 22.8. The van der Waals surface area contributed by atoms with Gasteiger partial charge in [-0.3, -0.25) is 9.79 Å². The van der Waals surface area contributed by atoms with Crippen LogP contribution in [0.15, 0.2) is 71.7 Å². The van der Waals surface area contributed by atoms with Crippen LogP contribution >= 0.6 is 9.24 Å². The molecular formula is C41H62N5OP. The van der Waals surface area contributed by atoms with Gasteiger partial charge in [0.25, 0.3) is 0 Å². The highest BCUT2D eigenvalue weighted by Crippen LogP contribution is 2.49. The maximum atomic E-state index is 11.4. The lowest BCUT2D eigenvalue weighted by Crippen LogP contribution is -2.39. The summed E-state index contributed by atoms with van der Waals surface area (Å²) in [5, 5.41) is 9.56. The number of unbranched alkanes of at least 4 members (excludes halogenated alkanes) is 2. The van der Waals surface area contributed by atoms with Gasteiger partial charge >= 0.3 is 0 Å². The molecule has 0 radical (unpaired) electrons. The lowest BCUT2D eigenvalue weighted by atomic mass is 9.95. The number of fused-ring (bicyclic) bond motifs is 1. The van der Waals surface area contributed by atoms with Gasteiger partial charge in [0.2, 0.25) is 5.91 Å². The Bertz CT molecular complexity index is 1550. The topological polar surface area (TPSA) is 69.6 Å². The zero-order valence-corrected chi connectivity index (χ0v) is 32.5. The number of aliphatic imine (C=N–C) groups is 1. The van der Waals surface area contributed by atoms with Crippen LogP contribution in [-0.4, -0.2) is 47.7 Å². The van der Waals surface area contributed by atoms with Crippen molar-refractivity contribution in [1.29, 1.82) is 0 Å². The van der Waals surface area contributed by atoms with Crippen molar-refractivity contribution in [3.8, 4) is 0 Å². The van der Waals surface area contributed by atoms with E-state index in [0.717, 1.165) is 91.9 Å². The second-order valence-corrected chi connectivity index (χ2v) is 14.5. The Kier molecular flexibility index (Phi) is 14.7. The van der Waals surface area contributed by atoms with E-state index >= 15 is 0 Å². The highest BCUT2D eigenvalue weighted by molar-refractivity contribution is 7.28. The van der Waals surface area contributed by atoms with Crippen LogP contribution in [0.25, 0.3) is 10.9 Å². The van der Waals surface area contributed by atoms with E-state index in [2.05, 4.69) is 111 Å². The zero-order chi connectivity index (χ0) is 35.6. The van der Waals surface area contributed by atoms with Gasteiger partial charge in [-0.2, -0.15) is 0 Å². The molecular weight excluding hydrogens is 609 g/mol. The van der Waals surface area contributed by atoms with Crippen LogP contribution in [0, 0.1) is 17.8 Å². The Labute approximate surface area is 293 Å². The molecule has 2 N–H and O–H groups in total. The number of hydrogen-bond donors (Lipinski definition) is 2. The van der Waals surface area contributed by atoms with E-state index in [4.69, 9.17) is 9.98 Å². The number of pyridine rings is 1. The van der Waals surface area contributed by atoms with Crippen molar-refractivity contribution in [2.45, 2.75) is 105 Å². The number of nitrogens with one attached hydrogen (secondary N) is 2. The summed E-state index contributed by atoms with van der Waals surface area (Å²) in [6.07, 6.45) is 14.9. The average Bonchev–Trinajstić information content (AvgIpc) is 3.77. The molecule has 1 aliphatic carbocycles. The number of allylic oxidation sites excluding steroid dienone is 4. The van der Waals surface area contributed by atoms with Crippen molar-refractivity contribution < 1.29 is 4.79 Å². The lowest BCUT2D eigenvalue weighted by molar-refractivity contribution is -0.127. The van der Waals surface area contributed by atoms with E-state index in [-0.39, 0.29) is 11.4 Å². The van der Waals surface area contributed by atoms with Gasteiger partial charge in [0.05, 0.1) is 22.5 Å². The van der Waals surface area contributed by atoms with Crippen LogP contribution in [0.5, 0.6) is 0 Å². The van der Waals surface area contributed by atoms with E-state index in [1.54, 1.807) is 11.8 Å². The summed E-state index contributed by atoms with van der Waals surface area (Å²) in [7, 11) is 6.77. The monoisotopic (exact) mass is 671 g/mol. The fourth-order valence-electron chi connectivity index (χ4n) is 6.42. The third kappa shape index (κ3) is 9.91. The summed E-state index contributed by atoms with van der Waals surface area (Å²) < 4.78 is 0. The molecule has 1 aromatic heterocycles. The molecule has 0 aliphatic heterocycles. The van der Waals surface area contributed by atoms with Crippen LogP contribution in [-0.2, 0) is 17.6 Å². The first-order valence-corrected chi connectivity index (χ1v) is 18.5. The molecule has 2 aromatic rings. The molecule has 4 unspecified atom stereocenters. The van der Waals surface area contributed by atoms with E-state index in [1.807, 2.05) is 14.1 Å². The molecule has 262 valence electrons. The normalized spacial score (nSPS) is 18.8. The van der Waals surface area contributed by atoms with Crippen LogP contribution in [0.3, 0.4) is 0 Å². The van der Waals surface area contributed by atoms with Gasteiger partial charge in [-0.05, 0) is 99.5 Å². The van der Waals surface area contributed by atoms with Crippen molar-refractivity contribution in [1.82, 2.24) is 20.5 Å². The van der Waals surface area contributed by atoms with Crippen LogP contribution in [0.1, 0.15) is 104 Å². The fraction of sp³-hybridized carbons (Fsp3) is 0.537. The maximum Gasteiger partial charge on any atom is 0.219 e. The fourth-order valence-corrected chi connectivity index (χ4v) is 6.94. The van der Waals surface area contributed by atoms with Gasteiger partial charge in [-0.25, -0.2) is 4.98 Å². The molecule has 1 saturated carbocycles. The smallest absolute Gasteiger partial charge is 0.219 e. The maximum absolute atomic E-state index is 11.4. The third-order valence-electron chi connectivity index (χ3n) is 10.1. The molecule has 48 heavy (non-hydrogen) atoms. The number of aryl methyl sites for hydroxylation is 2. The Morgan fingerprint density at radius 1 is 1.19 bits per heavy atom. The largest absolute Gasteiger partial charge is 0.390 e. The van der Waals surface area contributed by atoms with E-state index in [9.17, 15) is 4.79 Å². The van der Waals surface area contributed by atoms with E-state index in [0.29, 0.717) is 17.8 Å². The number of carbonyl (C=O) groups is 1. The van der Waals surface area contributed by atoms with Crippen molar-refractivity contribution in [2.75, 3.05) is 20.6 Å². The second-order valence-electron chi connectivity index (χ2n) is 13.9. The molecule has 4 atom stereocenters. The molecule has 1 aliphatic rings. The van der Waals surface area contributed by atoms with Crippen molar-refractivity contribution in [3.63, 3.8) is 0 Å². The van der Waals surface area contributed by atoms with Gasteiger partial charge in [-0.1, -0.05) is 71.2 Å². The van der Waals surface area contributed by atoms with Crippen molar-refractivity contribution in [2.24, 2.45) is 22.7 Å². The lowest BCUT2D eigenvalue weighted by Gasteiger charge is -2.27. The van der Waals surface area contributed by atoms with Crippen molar-refractivity contribution >= 4 is 37.1 Å². The number of hydrogen-bond acceptors (Lipinski definition) is 5. The standard InChI is InChI=1S/C41H62N5OP/c1-12-33-22-23-36-34(25-38(44-39(36)40(33)48)30(7)43-37(13-2)27(3)4)20-18-19-28(5)29(6)45-41(31(8)42-10)26-35(41)21-16-14-15-17-24-46(11)32(9)47/h13,16,21-23,25,27-28,35,42,45H,6,8,12,14-15,17-20,24,26,48H2,1-5,7,9-11H3/b21-16-,37-13-,43-30?. The summed E-state index contributed by atoms with van der Waals surface area (Å²) in [6, 6.07) is 6.77. The predicted molar refractivity (Wildman–Crippen MR) is 211 cm³/mol. The highest BCUT2D eigenvalue weighted by Gasteiger charge is 2.55. The Balaban J connectivity index is 1.68. The van der Waals surface area contributed by atoms with Gasteiger partial charge in [0.1, 0.15) is 0 Å². The Morgan fingerprint density at radius 2 is 1.92 bits per heavy atom. The summed E-state index contributed by atoms with van der Waals surface area (Å²) in [5.41, 5.74) is 8.61.